The number of hydrogen-bond acceptors (Lipinski definition) is 2. The third-order valence-electron chi connectivity index (χ3n) is 3.91. The van der Waals surface area contributed by atoms with Gasteiger partial charge in [-0.25, -0.2) is 9.37 Å². The van der Waals surface area contributed by atoms with Gasteiger partial charge in [-0.2, -0.15) is 13.2 Å². The maximum absolute atomic E-state index is 13.9. The van der Waals surface area contributed by atoms with E-state index in [1.807, 2.05) is 0 Å². The van der Waals surface area contributed by atoms with Crippen LogP contribution >= 0.6 is 24.8 Å². The van der Waals surface area contributed by atoms with Crippen molar-refractivity contribution in [3.8, 4) is 11.3 Å². The molecule has 134 valence electrons. The van der Waals surface area contributed by atoms with Crippen molar-refractivity contribution in [2.75, 3.05) is 13.1 Å². The number of hydrogen-bond donors (Lipinski definition) is 2. The van der Waals surface area contributed by atoms with Crippen LogP contribution in [-0.4, -0.2) is 23.1 Å². The Morgan fingerprint density at radius 1 is 1.08 bits per heavy atom. The highest BCUT2D eigenvalue weighted by molar-refractivity contribution is 5.85. The maximum atomic E-state index is 13.9. The summed E-state index contributed by atoms with van der Waals surface area (Å²) in [6, 6.07) is 2.39. The number of imidazole rings is 1. The fourth-order valence-corrected chi connectivity index (χ4v) is 2.68. The first-order valence-corrected chi connectivity index (χ1v) is 7.08. The summed E-state index contributed by atoms with van der Waals surface area (Å²) in [5.41, 5.74) is -0.707. The second-order valence-electron chi connectivity index (χ2n) is 5.40. The van der Waals surface area contributed by atoms with Gasteiger partial charge in [-0.05, 0) is 44.1 Å². The quantitative estimate of drug-likeness (QED) is 0.744. The molecular formula is C15H17Cl2F4N3. The number of aromatic amines is 1. The highest BCUT2D eigenvalue weighted by Gasteiger charge is 2.31. The first-order valence-electron chi connectivity index (χ1n) is 7.08. The van der Waals surface area contributed by atoms with Gasteiger partial charge in [0.1, 0.15) is 11.6 Å². The summed E-state index contributed by atoms with van der Waals surface area (Å²) < 4.78 is 52.1. The number of piperidine rings is 1. The average molecular weight is 386 g/mol. The third-order valence-corrected chi connectivity index (χ3v) is 3.91. The number of nitrogens with one attached hydrogen (secondary N) is 2. The lowest BCUT2D eigenvalue weighted by molar-refractivity contribution is -0.137. The van der Waals surface area contributed by atoms with Crippen LogP contribution in [0, 0.1) is 5.82 Å². The number of alkyl halides is 3. The van der Waals surface area contributed by atoms with Crippen molar-refractivity contribution in [2.45, 2.75) is 24.9 Å². The van der Waals surface area contributed by atoms with E-state index in [-0.39, 0.29) is 42.0 Å². The molecule has 2 aromatic rings. The van der Waals surface area contributed by atoms with Gasteiger partial charge in [0.25, 0.3) is 0 Å². The molecule has 0 saturated carbocycles. The molecule has 0 aliphatic carbocycles. The molecule has 2 N–H and O–H groups in total. The van der Waals surface area contributed by atoms with Gasteiger partial charge in [0.2, 0.25) is 0 Å². The smallest absolute Gasteiger partial charge is 0.342 e. The van der Waals surface area contributed by atoms with Gasteiger partial charge in [-0.1, -0.05) is 0 Å². The summed E-state index contributed by atoms with van der Waals surface area (Å²) >= 11 is 0. The van der Waals surface area contributed by atoms with Crippen LogP contribution in [0.1, 0.15) is 30.1 Å². The van der Waals surface area contributed by atoms with Crippen molar-refractivity contribution in [1.82, 2.24) is 15.3 Å². The van der Waals surface area contributed by atoms with Gasteiger partial charge in [0, 0.05) is 11.5 Å². The van der Waals surface area contributed by atoms with E-state index in [1.54, 1.807) is 0 Å². The largest absolute Gasteiger partial charge is 0.416 e. The molecule has 3 nitrogen and oxygen atoms in total. The molecular weight excluding hydrogens is 369 g/mol. The molecule has 0 unspecified atom stereocenters. The normalized spacial score (nSPS) is 15.5. The Morgan fingerprint density at radius 3 is 2.38 bits per heavy atom. The van der Waals surface area contributed by atoms with E-state index in [2.05, 4.69) is 15.3 Å². The monoisotopic (exact) mass is 385 g/mol. The molecule has 24 heavy (non-hydrogen) atoms. The fraction of sp³-hybridized carbons (Fsp3) is 0.400. The molecule has 0 spiro atoms. The number of H-pyrrole nitrogens is 1. The van der Waals surface area contributed by atoms with E-state index in [0.717, 1.165) is 44.1 Å². The van der Waals surface area contributed by atoms with Crippen LogP contribution < -0.4 is 5.32 Å². The summed E-state index contributed by atoms with van der Waals surface area (Å²) in [5, 5.41) is 3.23. The van der Waals surface area contributed by atoms with Crippen molar-refractivity contribution in [2.24, 2.45) is 0 Å². The highest BCUT2D eigenvalue weighted by atomic mass is 35.5. The molecule has 1 aromatic heterocycles. The van der Waals surface area contributed by atoms with Crippen LogP contribution in [0.5, 0.6) is 0 Å². The van der Waals surface area contributed by atoms with Crippen molar-refractivity contribution < 1.29 is 17.6 Å². The SMILES string of the molecule is Cl.Cl.Fc1ccc(C(F)(F)F)cc1-c1cnc(C2CCNCC2)[nH]1. The molecule has 0 atom stereocenters. The van der Waals surface area contributed by atoms with Crippen LogP contribution in [-0.2, 0) is 6.18 Å². The summed E-state index contributed by atoms with van der Waals surface area (Å²) in [6.07, 6.45) is -1.30. The van der Waals surface area contributed by atoms with Crippen LogP contribution in [0.4, 0.5) is 17.6 Å². The summed E-state index contributed by atoms with van der Waals surface area (Å²) in [5.74, 6) is 0.227. The zero-order chi connectivity index (χ0) is 15.7. The van der Waals surface area contributed by atoms with E-state index in [1.165, 1.54) is 6.20 Å². The summed E-state index contributed by atoms with van der Waals surface area (Å²) in [6.45, 7) is 1.75. The van der Waals surface area contributed by atoms with E-state index >= 15 is 0 Å². The molecule has 9 heteroatoms. The van der Waals surface area contributed by atoms with Crippen molar-refractivity contribution in [3.63, 3.8) is 0 Å². The Balaban J connectivity index is 0.00000144. The number of nitrogens with zero attached hydrogens (tertiary/aromatic N) is 1. The van der Waals surface area contributed by atoms with Gasteiger partial charge in [-0.15, -0.1) is 24.8 Å². The van der Waals surface area contributed by atoms with Crippen molar-refractivity contribution >= 4 is 24.8 Å². The van der Waals surface area contributed by atoms with Gasteiger partial charge in [-0.3, -0.25) is 0 Å². The Morgan fingerprint density at radius 2 is 1.75 bits per heavy atom. The van der Waals surface area contributed by atoms with E-state index in [0.29, 0.717) is 5.82 Å². The second kappa shape index (κ2) is 8.18. The molecule has 0 bridgehead atoms. The molecule has 1 saturated heterocycles. The van der Waals surface area contributed by atoms with Crippen molar-refractivity contribution in [1.29, 1.82) is 0 Å². The second-order valence-corrected chi connectivity index (χ2v) is 5.40. The lowest BCUT2D eigenvalue weighted by Crippen LogP contribution is -2.27. The predicted molar refractivity (Wildman–Crippen MR) is 88.3 cm³/mol. The topological polar surface area (TPSA) is 40.7 Å². The first-order chi connectivity index (χ1) is 10.4. The molecule has 1 aliphatic rings. The van der Waals surface area contributed by atoms with Gasteiger partial charge >= 0.3 is 6.18 Å². The standard InChI is InChI=1S/C15H15F4N3.2ClH/c16-12-2-1-10(15(17,18)19)7-11(12)13-8-21-14(22-13)9-3-5-20-6-4-9;;/h1-2,7-9,20H,3-6H2,(H,21,22);2*1H. The molecule has 3 rings (SSSR count). The number of benzene rings is 1. The molecule has 1 fully saturated rings. The fourth-order valence-electron chi connectivity index (χ4n) is 2.68. The minimum absolute atomic E-state index is 0. The first kappa shape index (κ1) is 20.7. The summed E-state index contributed by atoms with van der Waals surface area (Å²) in [4.78, 5) is 7.19. The highest BCUT2D eigenvalue weighted by Crippen LogP contribution is 2.33. The van der Waals surface area contributed by atoms with E-state index < -0.39 is 17.6 Å². The molecule has 0 radical (unpaired) electrons. The number of rotatable bonds is 2. The Bertz CT molecular complexity index is 667. The van der Waals surface area contributed by atoms with Crippen molar-refractivity contribution in [3.05, 3.63) is 41.6 Å². The van der Waals surface area contributed by atoms with Crippen LogP contribution in [0.25, 0.3) is 11.3 Å². The molecule has 0 amide bonds. The number of aromatic nitrogens is 2. The minimum Gasteiger partial charge on any atom is -0.342 e. The minimum atomic E-state index is -4.50. The van der Waals surface area contributed by atoms with E-state index in [4.69, 9.17) is 0 Å². The van der Waals surface area contributed by atoms with E-state index in [9.17, 15) is 17.6 Å². The lowest BCUT2D eigenvalue weighted by Gasteiger charge is -2.20. The lowest BCUT2D eigenvalue weighted by atomic mass is 9.97. The van der Waals surface area contributed by atoms with Crippen LogP contribution in [0.2, 0.25) is 0 Å². The molecule has 1 aromatic carbocycles. The van der Waals surface area contributed by atoms with Gasteiger partial charge in [0.05, 0.1) is 17.5 Å². The average Bonchev–Trinajstić information content (AvgIpc) is 2.97. The zero-order valence-electron chi connectivity index (χ0n) is 12.5. The Hall–Kier alpha value is -1.31. The summed E-state index contributed by atoms with van der Waals surface area (Å²) in [7, 11) is 0. The molecule has 2 heterocycles. The third kappa shape index (κ3) is 4.40. The number of halogens is 6. The zero-order valence-corrected chi connectivity index (χ0v) is 14.1. The predicted octanol–water partition coefficient (Wildman–Crippen LogP) is 4.55. The van der Waals surface area contributed by atoms with Gasteiger partial charge < -0.3 is 10.3 Å². The van der Waals surface area contributed by atoms with Crippen LogP contribution in [0.15, 0.2) is 24.4 Å². The Kier molecular flexibility index (Phi) is 7.07. The molecule has 1 aliphatic heterocycles. The van der Waals surface area contributed by atoms with Crippen LogP contribution in [0.3, 0.4) is 0 Å². The van der Waals surface area contributed by atoms with Gasteiger partial charge in [0.15, 0.2) is 0 Å². The Labute approximate surface area is 149 Å². The maximum Gasteiger partial charge on any atom is 0.416 e.